The molecule has 1 fully saturated rings. The van der Waals surface area contributed by atoms with Crippen LogP contribution in [0.15, 0.2) is 35.1 Å². The fourth-order valence-corrected chi connectivity index (χ4v) is 2.25. The Morgan fingerprint density at radius 3 is 2.90 bits per heavy atom. The molecule has 1 aromatic heterocycles. The molecule has 0 bridgehead atoms. The van der Waals surface area contributed by atoms with Gasteiger partial charge in [0.25, 0.3) is 5.88 Å². The second-order valence-electron chi connectivity index (χ2n) is 4.50. The number of rotatable bonds is 3. The molecule has 0 spiro atoms. The molecule has 1 aliphatic heterocycles. The van der Waals surface area contributed by atoms with Gasteiger partial charge in [0.2, 0.25) is 0 Å². The second-order valence-corrected chi connectivity index (χ2v) is 4.50. The van der Waals surface area contributed by atoms with Crippen LogP contribution in [0.1, 0.15) is 0 Å². The molecular weight excluding hydrogens is 276 g/mol. The SMILES string of the molecule is O=C(O)Oc1ncoc1-c1cccc(N2CCOCC2)c1. The van der Waals surface area contributed by atoms with Crippen molar-refractivity contribution in [3.8, 4) is 17.2 Å². The number of oxazole rings is 1. The zero-order valence-corrected chi connectivity index (χ0v) is 11.2. The van der Waals surface area contributed by atoms with Crippen LogP contribution in [0.5, 0.6) is 5.88 Å². The predicted molar refractivity (Wildman–Crippen MR) is 73.6 cm³/mol. The van der Waals surface area contributed by atoms with Crippen LogP contribution < -0.4 is 9.64 Å². The summed E-state index contributed by atoms with van der Waals surface area (Å²) in [5.74, 6) is 0.245. The van der Waals surface area contributed by atoms with Crippen molar-refractivity contribution in [2.24, 2.45) is 0 Å². The molecule has 1 N–H and O–H groups in total. The van der Waals surface area contributed by atoms with Gasteiger partial charge in [0.05, 0.1) is 13.2 Å². The van der Waals surface area contributed by atoms with E-state index in [1.807, 2.05) is 24.3 Å². The first-order valence-electron chi connectivity index (χ1n) is 6.51. The third kappa shape index (κ3) is 2.97. The van der Waals surface area contributed by atoms with Gasteiger partial charge < -0.3 is 23.9 Å². The zero-order chi connectivity index (χ0) is 14.7. The summed E-state index contributed by atoms with van der Waals surface area (Å²) >= 11 is 0. The summed E-state index contributed by atoms with van der Waals surface area (Å²) in [6, 6.07) is 7.61. The second kappa shape index (κ2) is 5.84. The number of ether oxygens (including phenoxy) is 2. The molecule has 0 amide bonds. The Balaban J connectivity index is 1.89. The van der Waals surface area contributed by atoms with Crippen molar-refractivity contribution in [3.63, 3.8) is 0 Å². The van der Waals surface area contributed by atoms with Crippen LogP contribution in [0.2, 0.25) is 0 Å². The molecule has 0 atom stereocenters. The van der Waals surface area contributed by atoms with Gasteiger partial charge in [-0.3, -0.25) is 0 Å². The highest BCUT2D eigenvalue weighted by Gasteiger charge is 2.17. The molecule has 7 nitrogen and oxygen atoms in total. The maximum absolute atomic E-state index is 10.6. The molecule has 2 heterocycles. The van der Waals surface area contributed by atoms with E-state index in [9.17, 15) is 4.79 Å². The van der Waals surface area contributed by atoms with E-state index in [0.29, 0.717) is 24.5 Å². The summed E-state index contributed by atoms with van der Waals surface area (Å²) in [5.41, 5.74) is 1.74. The molecule has 3 rings (SSSR count). The highest BCUT2D eigenvalue weighted by Crippen LogP contribution is 2.31. The van der Waals surface area contributed by atoms with Crippen molar-refractivity contribution in [3.05, 3.63) is 30.7 Å². The Morgan fingerprint density at radius 1 is 1.33 bits per heavy atom. The lowest BCUT2D eigenvalue weighted by Gasteiger charge is -2.29. The highest BCUT2D eigenvalue weighted by atomic mass is 16.7. The number of aromatic nitrogens is 1. The summed E-state index contributed by atoms with van der Waals surface area (Å²) in [5, 5.41) is 8.69. The van der Waals surface area contributed by atoms with Crippen LogP contribution in [0.25, 0.3) is 11.3 Å². The van der Waals surface area contributed by atoms with E-state index >= 15 is 0 Å². The van der Waals surface area contributed by atoms with Gasteiger partial charge in [-0.1, -0.05) is 12.1 Å². The smallest absolute Gasteiger partial charge is 0.449 e. The molecule has 0 unspecified atom stereocenters. The Hall–Kier alpha value is -2.54. The van der Waals surface area contributed by atoms with Gasteiger partial charge in [0.15, 0.2) is 12.2 Å². The number of nitrogens with zero attached hydrogens (tertiary/aromatic N) is 2. The first kappa shape index (κ1) is 13.4. The Kier molecular flexibility index (Phi) is 3.74. The van der Waals surface area contributed by atoms with Crippen LogP contribution in [-0.2, 0) is 4.74 Å². The van der Waals surface area contributed by atoms with E-state index in [0.717, 1.165) is 25.2 Å². The quantitative estimate of drug-likeness (QED) is 0.867. The lowest BCUT2D eigenvalue weighted by Crippen LogP contribution is -2.36. The van der Waals surface area contributed by atoms with E-state index in [2.05, 4.69) is 14.6 Å². The maximum atomic E-state index is 10.6. The number of hydrogen-bond donors (Lipinski definition) is 1. The molecule has 1 aromatic carbocycles. The third-order valence-corrected chi connectivity index (χ3v) is 3.20. The first-order chi connectivity index (χ1) is 10.2. The molecule has 7 heteroatoms. The maximum Gasteiger partial charge on any atom is 0.512 e. The molecule has 2 aromatic rings. The predicted octanol–water partition coefficient (Wildman–Crippen LogP) is 2.23. The van der Waals surface area contributed by atoms with Crippen LogP contribution in [0, 0.1) is 0 Å². The lowest BCUT2D eigenvalue weighted by molar-refractivity contribution is 0.122. The number of carboxylic acid groups (broad SMARTS) is 1. The minimum atomic E-state index is -1.42. The number of benzene rings is 1. The fourth-order valence-electron chi connectivity index (χ4n) is 2.25. The Bertz CT molecular complexity index is 634. The zero-order valence-electron chi connectivity index (χ0n) is 11.2. The fraction of sp³-hybridized carbons (Fsp3) is 0.286. The third-order valence-electron chi connectivity index (χ3n) is 3.20. The van der Waals surface area contributed by atoms with Gasteiger partial charge in [0, 0.05) is 24.3 Å². The minimum absolute atomic E-state index is 0.0540. The van der Waals surface area contributed by atoms with Crippen molar-refractivity contribution >= 4 is 11.8 Å². The van der Waals surface area contributed by atoms with Gasteiger partial charge in [-0.2, -0.15) is 4.98 Å². The lowest BCUT2D eigenvalue weighted by atomic mass is 10.1. The Morgan fingerprint density at radius 2 is 2.14 bits per heavy atom. The first-order valence-corrected chi connectivity index (χ1v) is 6.51. The monoisotopic (exact) mass is 290 g/mol. The van der Waals surface area contributed by atoms with E-state index < -0.39 is 6.16 Å². The largest absolute Gasteiger partial charge is 0.512 e. The van der Waals surface area contributed by atoms with Crippen LogP contribution in [0.4, 0.5) is 10.5 Å². The van der Waals surface area contributed by atoms with Gasteiger partial charge in [0.1, 0.15) is 0 Å². The normalized spacial score (nSPS) is 15.0. The summed E-state index contributed by atoms with van der Waals surface area (Å²) in [6.07, 6.45) is -0.260. The van der Waals surface area contributed by atoms with Gasteiger partial charge in [-0.15, -0.1) is 0 Å². The van der Waals surface area contributed by atoms with Gasteiger partial charge in [-0.05, 0) is 12.1 Å². The number of morpholine rings is 1. The van der Waals surface area contributed by atoms with Gasteiger partial charge in [-0.25, -0.2) is 4.79 Å². The van der Waals surface area contributed by atoms with E-state index in [1.54, 1.807) is 0 Å². The summed E-state index contributed by atoms with van der Waals surface area (Å²) in [6.45, 7) is 3.02. The number of anilines is 1. The van der Waals surface area contributed by atoms with Crippen molar-refractivity contribution < 1.29 is 23.8 Å². The van der Waals surface area contributed by atoms with Crippen molar-refractivity contribution in [2.75, 3.05) is 31.2 Å². The molecule has 1 saturated heterocycles. The van der Waals surface area contributed by atoms with E-state index in [1.165, 1.54) is 0 Å². The molecule has 1 aliphatic rings. The highest BCUT2D eigenvalue weighted by molar-refractivity contribution is 5.71. The minimum Gasteiger partial charge on any atom is -0.449 e. The molecular formula is C14H14N2O5. The van der Waals surface area contributed by atoms with Gasteiger partial charge >= 0.3 is 6.16 Å². The molecule has 0 saturated carbocycles. The van der Waals surface area contributed by atoms with Crippen LogP contribution in [-0.4, -0.2) is 42.5 Å². The standard InChI is InChI=1S/C14H14N2O5/c17-14(18)21-13-12(20-9-15-13)10-2-1-3-11(8-10)16-4-6-19-7-5-16/h1-3,8-9H,4-7H2,(H,17,18). The number of hydrogen-bond acceptors (Lipinski definition) is 6. The molecule has 21 heavy (non-hydrogen) atoms. The van der Waals surface area contributed by atoms with E-state index in [4.69, 9.17) is 14.3 Å². The summed E-state index contributed by atoms with van der Waals surface area (Å²) in [4.78, 5) is 16.6. The topological polar surface area (TPSA) is 85.0 Å². The number of carbonyl (C=O) groups is 1. The van der Waals surface area contributed by atoms with Crippen molar-refractivity contribution in [1.29, 1.82) is 0 Å². The average Bonchev–Trinajstić information content (AvgIpc) is 2.96. The van der Waals surface area contributed by atoms with Crippen LogP contribution in [0.3, 0.4) is 0 Å². The summed E-state index contributed by atoms with van der Waals surface area (Å²) < 4.78 is 15.2. The van der Waals surface area contributed by atoms with Crippen molar-refractivity contribution in [1.82, 2.24) is 4.98 Å². The molecule has 0 radical (unpaired) electrons. The average molecular weight is 290 g/mol. The van der Waals surface area contributed by atoms with E-state index in [-0.39, 0.29) is 5.88 Å². The van der Waals surface area contributed by atoms with Crippen LogP contribution >= 0.6 is 0 Å². The molecule has 110 valence electrons. The van der Waals surface area contributed by atoms with Crippen molar-refractivity contribution in [2.45, 2.75) is 0 Å². The summed E-state index contributed by atoms with van der Waals surface area (Å²) in [7, 11) is 0. The molecule has 0 aliphatic carbocycles. The Labute approximate surface area is 120 Å².